The van der Waals surface area contributed by atoms with Gasteiger partial charge in [-0.3, -0.25) is 4.98 Å². The second-order valence-corrected chi connectivity index (χ2v) is 5.76. The lowest BCUT2D eigenvalue weighted by atomic mass is 10.0. The largest absolute Gasteiger partial charge is 0.312 e. The molecule has 0 saturated heterocycles. The predicted molar refractivity (Wildman–Crippen MR) is 84.1 cm³/mol. The fourth-order valence-corrected chi connectivity index (χ4v) is 2.74. The maximum atomic E-state index is 6.20. The van der Waals surface area contributed by atoms with Gasteiger partial charge in [0.05, 0.1) is 21.8 Å². The molecule has 0 amide bonds. The Morgan fingerprint density at radius 2 is 1.84 bits per heavy atom. The van der Waals surface area contributed by atoms with Gasteiger partial charge in [-0.2, -0.15) is 0 Å². The van der Waals surface area contributed by atoms with Gasteiger partial charge in [-0.1, -0.05) is 68.7 Å². The summed E-state index contributed by atoms with van der Waals surface area (Å²) < 4.78 is 0. The van der Waals surface area contributed by atoms with Crippen LogP contribution >= 0.6 is 23.2 Å². The van der Waals surface area contributed by atoms with Crippen molar-refractivity contribution in [1.29, 1.82) is 0 Å². The second-order valence-electron chi connectivity index (χ2n) is 4.92. The molecule has 1 atom stereocenters. The monoisotopic (exact) mass is 302 g/mol. The summed E-state index contributed by atoms with van der Waals surface area (Å²) in [5.41, 5.74) is 0.905. The number of nitrogens with zero attached hydrogens (tertiary/aromatic N) is 1. The van der Waals surface area contributed by atoms with Crippen molar-refractivity contribution in [2.45, 2.75) is 57.9 Å². The molecule has 0 fully saturated rings. The summed E-state index contributed by atoms with van der Waals surface area (Å²) >= 11 is 12.1. The number of nitrogens with one attached hydrogen (secondary N) is 1. The van der Waals surface area contributed by atoms with Crippen molar-refractivity contribution in [1.82, 2.24) is 10.3 Å². The van der Waals surface area contributed by atoms with E-state index in [2.05, 4.69) is 17.2 Å². The Bertz CT molecular complexity index is 369. The van der Waals surface area contributed by atoms with E-state index < -0.39 is 0 Å². The Balaban J connectivity index is 2.40. The first-order valence-corrected chi connectivity index (χ1v) is 7.92. The molecule has 0 aliphatic heterocycles. The van der Waals surface area contributed by atoms with E-state index in [0.717, 1.165) is 12.1 Å². The van der Waals surface area contributed by atoms with E-state index in [1.807, 2.05) is 7.05 Å². The number of hydrogen-bond acceptors (Lipinski definition) is 2. The van der Waals surface area contributed by atoms with Crippen LogP contribution in [0.15, 0.2) is 12.3 Å². The van der Waals surface area contributed by atoms with Crippen molar-refractivity contribution in [3.8, 4) is 0 Å². The molecule has 0 aliphatic carbocycles. The third-order valence-corrected chi connectivity index (χ3v) is 3.87. The van der Waals surface area contributed by atoms with Crippen LogP contribution < -0.4 is 5.32 Å². The Labute approximate surface area is 126 Å². The van der Waals surface area contributed by atoms with E-state index in [9.17, 15) is 0 Å². The molecule has 1 aromatic rings. The van der Waals surface area contributed by atoms with E-state index in [-0.39, 0.29) is 6.04 Å². The molecule has 108 valence electrons. The third-order valence-electron chi connectivity index (χ3n) is 3.36. The van der Waals surface area contributed by atoms with Crippen LogP contribution in [0.25, 0.3) is 0 Å². The van der Waals surface area contributed by atoms with Crippen molar-refractivity contribution in [3.63, 3.8) is 0 Å². The van der Waals surface area contributed by atoms with Crippen LogP contribution in [0.4, 0.5) is 0 Å². The number of hydrogen-bond donors (Lipinski definition) is 1. The van der Waals surface area contributed by atoms with Crippen LogP contribution in [-0.4, -0.2) is 12.0 Å². The minimum Gasteiger partial charge on any atom is -0.312 e. The standard InChI is InChI=1S/C15H24Cl2N2/c1-3-4-5-6-7-8-9-14(18-2)15-13(17)10-12(16)11-19-15/h10-11,14,18H,3-9H2,1-2H3. The molecule has 2 nitrogen and oxygen atoms in total. The average Bonchev–Trinajstić information content (AvgIpc) is 2.39. The molecule has 0 radical (unpaired) electrons. The highest BCUT2D eigenvalue weighted by Crippen LogP contribution is 2.27. The maximum Gasteiger partial charge on any atom is 0.0760 e. The zero-order valence-corrected chi connectivity index (χ0v) is 13.4. The second kappa shape index (κ2) is 9.57. The first-order chi connectivity index (χ1) is 9.19. The number of rotatable bonds is 9. The molecule has 19 heavy (non-hydrogen) atoms. The zero-order valence-electron chi connectivity index (χ0n) is 11.9. The summed E-state index contributed by atoms with van der Waals surface area (Å²) in [5.74, 6) is 0. The van der Waals surface area contributed by atoms with Gasteiger partial charge in [-0.15, -0.1) is 0 Å². The normalized spacial score (nSPS) is 12.6. The lowest BCUT2D eigenvalue weighted by molar-refractivity contribution is 0.489. The van der Waals surface area contributed by atoms with Gasteiger partial charge in [0.1, 0.15) is 0 Å². The van der Waals surface area contributed by atoms with E-state index in [1.54, 1.807) is 12.3 Å². The number of halogens is 2. The molecule has 0 bridgehead atoms. The van der Waals surface area contributed by atoms with E-state index >= 15 is 0 Å². The molecule has 4 heteroatoms. The summed E-state index contributed by atoms with van der Waals surface area (Å²) in [5, 5.41) is 4.53. The van der Waals surface area contributed by atoms with Crippen molar-refractivity contribution < 1.29 is 0 Å². The van der Waals surface area contributed by atoms with Crippen LogP contribution in [0.5, 0.6) is 0 Å². The minimum atomic E-state index is 0.218. The first kappa shape index (κ1) is 16.7. The van der Waals surface area contributed by atoms with Crippen molar-refractivity contribution >= 4 is 23.2 Å². The Morgan fingerprint density at radius 1 is 1.16 bits per heavy atom. The van der Waals surface area contributed by atoms with Crippen LogP contribution in [0.1, 0.15) is 63.6 Å². The Morgan fingerprint density at radius 3 is 2.47 bits per heavy atom. The van der Waals surface area contributed by atoms with Gasteiger partial charge in [0, 0.05) is 6.20 Å². The molecule has 0 aliphatic rings. The molecular formula is C15H24Cl2N2. The van der Waals surface area contributed by atoms with Crippen LogP contribution in [-0.2, 0) is 0 Å². The average molecular weight is 303 g/mol. The summed E-state index contributed by atoms with van der Waals surface area (Å²) in [7, 11) is 1.95. The van der Waals surface area contributed by atoms with Gasteiger partial charge in [0.2, 0.25) is 0 Å². The van der Waals surface area contributed by atoms with Gasteiger partial charge in [0.15, 0.2) is 0 Å². The van der Waals surface area contributed by atoms with E-state index in [1.165, 1.54) is 38.5 Å². The minimum absolute atomic E-state index is 0.218. The van der Waals surface area contributed by atoms with Gasteiger partial charge >= 0.3 is 0 Å². The number of unbranched alkanes of at least 4 members (excludes halogenated alkanes) is 5. The summed E-state index contributed by atoms with van der Waals surface area (Å²) in [4.78, 5) is 4.35. The van der Waals surface area contributed by atoms with Crippen molar-refractivity contribution in [3.05, 3.63) is 28.0 Å². The molecule has 1 rings (SSSR count). The maximum absolute atomic E-state index is 6.20. The van der Waals surface area contributed by atoms with Crippen LogP contribution in [0.2, 0.25) is 10.0 Å². The Hall–Kier alpha value is -0.310. The zero-order chi connectivity index (χ0) is 14.1. The van der Waals surface area contributed by atoms with Crippen LogP contribution in [0, 0.1) is 0 Å². The first-order valence-electron chi connectivity index (χ1n) is 7.17. The lowest BCUT2D eigenvalue weighted by Gasteiger charge is -2.17. The lowest BCUT2D eigenvalue weighted by Crippen LogP contribution is -2.18. The molecule has 1 aromatic heterocycles. The molecule has 1 heterocycles. The van der Waals surface area contributed by atoms with Gasteiger partial charge in [-0.25, -0.2) is 0 Å². The van der Waals surface area contributed by atoms with Gasteiger partial charge in [0.25, 0.3) is 0 Å². The number of pyridine rings is 1. The summed E-state index contributed by atoms with van der Waals surface area (Å²) in [6, 6.07) is 1.98. The van der Waals surface area contributed by atoms with Crippen molar-refractivity contribution in [2.24, 2.45) is 0 Å². The van der Waals surface area contributed by atoms with Crippen LogP contribution in [0.3, 0.4) is 0 Å². The fraction of sp³-hybridized carbons (Fsp3) is 0.667. The Kier molecular flexibility index (Phi) is 8.43. The highest BCUT2D eigenvalue weighted by molar-refractivity contribution is 6.34. The predicted octanol–water partition coefficient (Wildman–Crippen LogP) is 5.40. The summed E-state index contributed by atoms with van der Waals surface area (Å²) in [6.07, 6.45) is 10.5. The topological polar surface area (TPSA) is 24.9 Å². The molecule has 0 saturated carbocycles. The third kappa shape index (κ3) is 6.11. The van der Waals surface area contributed by atoms with Crippen molar-refractivity contribution in [2.75, 3.05) is 7.05 Å². The quantitative estimate of drug-likeness (QED) is 0.618. The summed E-state index contributed by atoms with van der Waals surface area (Å²) in [6.45, 7) is 2.24. The molecular weight excluding hydrogens is 279 g/mol. The number of aromatic nitrogens is 1. The highest BCUT2D eigenvalue weighted by atomic mass is 35.5. The molecule has 0 spiro atoms. The SMILES string of the molecule is CCCCCCCCC(NC)c1ncc(Cl)cc1Cl. The molecule has 1 unspecified atom stereocenters. The smallest absolute Gasteiger partial charge is 0.0760 e. The van der Waals surface area contributed by atoms with Gasteiger partial charge in [-0.05, 0) is 19.5 Å². The molecule has 1 N–H and O–H groups in total. The van der Waals surface area contributed by atoms with Gasteiger partial charge < -0.3 is 5.32 Å². The molecule has 0 aromatic carbocycles. The fourth-order valence-electron chi connectivity index (χ4n) is 2.23. The van der Waals surface area contributed by atoms with E-state index in [4.69, 9.17) is 23.2 Å². The highest BCUT2D eigenvalue weighted by Gasteiger charge is 2.14. The van der Waals surface area contributed by atoms with E-state index in [0.29, 0.717) is 10.0 Å².